The van der Waals surface area contributed by atoms with Gasteiger partial charge in [-0.05, 0) is 52.9 Å². The number of H-pyrrole nitrogens is 1. The van der Waals surface area contributed by atoms with Crippen LogP contribution in [0.25, 0.3) is 22.4 Å². The van der Waals surface area contributed by atoms with Gasteiger partial charge >= 0.3 is 0 Å². The monoisotopic (exact) mass is 491 g/mol. The predicted octanol–water partition coefficient (Wildman–Crippen LogP) is 4.94. The SMILES string of the molecule is Nc1cc(Br)cc2[nH]c(-c3cc(Br)ccc3I)nc12. The van der Waals surface area contributed by atoms with E-state index in [-0.39, 0.29) is 0 Å². The van der Waals surface area contributed by atoms with Crippen molar-refractivity contribution in [2.24, 2.45) is 0 Å². The topological polar surface area (TPSA) is 54.7 Å². The van der Waals surface area contributed by atoms with Crippen molar-refractivity contribution in [3.63, 3.8) is 0 Å². The molecule has 96 valence electrons. The minimum absolute atomic E-state index is 0.664. The summed E-state index contributed by atoms with van der Waals surface area (Å²) >= 11 is 9.22. The third-order valence-corrected chi connectivity index (χ3v) is 4.66. The molecule has 0 atom stereocenters. The van der Waals surface area contributed by atoms with E-state index in [2.05, 4.69) is 64.4 Å². The van der Waals surface area contributed by atoms with E-state index in [4.69, 9.17) is 5.73 Å². The highest BCUT2D eigenvalue weighted by Crippen LogP contribution is 2.31. The number of rotatable bonds is 1. The van der Waals surface area contributed by atoms with Crippen molar-refractivity contribution >= 4 is 71.2 Å². The Labute approximate surface area is 140 Å². The van der Waals surface area contributed by atoms with Crippen molar-refractivity contribution < 1.29 is 0 Å². The number of halogens is 3. The van der Waals surface area contributed by atoms with Crippen molar-refractivity contribution in [2.45, 2.75) is 0 Å². The second-order valence-electron chi connectivity index (χ2n) is 4.10. The number of nitrogens with zero attached hydrogens (tertiary/aromatic N) is 1. The number of hydrogen-bond donors (Lipinski definition) is 2. The Morgan fingerprint density at radius 2 is 1.89 bits per heavy atom. The van der Waals surface area contributed by atoms with Gasteiger partial charge in [0.15, 0.2) is 0 Å². The number of nitrogens with two attached hydrogens (primary N) is 1. The van der Waals surface area contributed by atoms with Crippen LogP contribution in [0.15, 0.2) is 39.3 Å². The minimum atomic E-state index is 0.664. The molecule has 0 saturated heterocycles. The molecule has 0 amide bonds. The predicted molar refractivity (Wildman–Crippen MR) is 94.1 cm³/mol. The van der Waals surface area contributed by atoms with Gasteiger partial charge < -0.3 is 10.7 Å². The van der Waals surface area contributed by atoms with Gasteiger partial charge in [0.25, 0.3) is 0 Å². The molecule has 2 aromatic carbocycles. The van der Waals surface area contributed by atoms with E-state index in [0.717, 1.165) is 34.9 Å². The summed E-state index contributed by atoms with van der Waals surface area (Å²) < 4.78 is 3.10. The molecule has 3 nitrogen and oxygen atoms in total. The lowest BCUT2D eigenvalue weighted by atomic mass is 10.2. The zero-order valence-electron chi connectivity index (χ0n) is 9.55. The number of nitrogen functional groups attached to an aromatic ring is 1. The van der Waals surface area contributed by atoms with Gasteiger partial charge in [-0.15, -0.1) is 0 Å². The molecule has 1 heterocycles. The van der Waals surface area contributed by atoms with Crippen LogP contribution in [-0.4, -0.2) is 9.97 Å². The molecule has 19 heavy (non-hydrogen) atoms. The van der Waals surface area contributed by atoms with E-state index < -0.39 is 0 Å². The fourth-order valence-corrected chi connectivity index (χ4v) is 3.34. The van der Waals surface area contributed by atoms with Crippen molar-refractivity contribution in [3.8, 4) is 11.4 Å². The Morgan fingerprint density at radius 3 is 2.68 bits per heavy atom. The third kappa shape index (κ3) is 2.53. The highest BCUT2D eigenvalue weighted by atomic mass is 127. The molecule has 0 bridgehead atoms. The van der Waals surface area contributed by atoms with E-state index in [9.17, 15) is 0 Å². The summed E-state index contributed by atoms with van der Waals surface area (Å²) in [5.41, 5.74) is 9.44. The Hall–Kier alpha value is -0.600. The summed E-state index contributed by atoms with van der Waals surface area (Å²) in [5.74, 6) is 0.825. The van der Waals surface area contributed by atoms with Crippen molar-refractivity contribution in [2.75, 3.05) is 5.73 Å². The van der Waals surface area contributed by atoms with Gasteiger partial charge in [0.05, 0.1) is 11.2 Å². The van der Waals surface area contributed by atoms with Crippen molar-refractivity contribution in [1.82, 2.24) is 9.97 Å². The highest BCUT2D eigenvalue weighted by Gasteiger charge is 2.11. The van der Waals surface area contributed by atoms with Crippen LogP contribution < -0.4 is 5.73 Å². The maximum absolute atomic E-state index is 5.99. The molecule has 0 fully saturated rings. The summed E-state index contributed by atoms with van der Waals surface area (Å²) in [5, 5.41) is 0. The molecule has 0 unspecified atom stereocenters. The number of aromatic amines is 1. The largest absolute Gasteiger partial charge is 0.397 e. The lowest BCUT2D eigenvalue weighted by Gasteiger charge is -2.01. The summed E-state index contributed by atoms with van der Waals surface area (Å²) in [6.07, 6.45) is 0. The average molecular weight is 493 g/mol. The third-order valence-electron chi connectivity index (χ3n) is 2.76. The average Bonchev–Trinajstić information content (AvgIpc) is 2.76. The molecule has 3 N–H and O–H groups in total. The van der Waals surface area contributed by atoms with Crippen molar-refractivity contribution in [3.05, 3.63) is 42.8 Å². The molecule has 3 rings (SSSR count). The van der Waals surface area contributed by atoms with E-state index >= 15 is 0 Å². The van der Waals surface area contributed by atoms with Crippen LogP contribution in [0.3, 0.4) is 0 Å². The Morgan fingerprint density at radius 1 is 1.11 bits per heavy atom. The van der Waals surface area contributed by atoms with Gasteiger partial charge in [0.2, 0.25) is 0 Å². The zero-order valence-corrected chi connectivity index (χ0v) is 14.9. The van der Waals surface area contributed by atoms with Crippen LogP contribution in [-0.2, 0) is 0 Å². The normalized spacial score (nSPS) is 11.1. The molecule has 0 radical (unpaired) electrons. The smallest absolute Gasteiger partial charge is 0.139 e. The van der Waals surface area contributed by atoms with E-state index in [1.54, 1.807) is 0 Å². The first kappa shape index (κ1) is 13.4. The van der Waals surface area contributed by atoms with E-state index in [1.165, 1.54) is 0 Å². The Bertz CT molecular complexity index is 783. The standard InChI is InChI=1S/C13H8Br2IN3/c14-6-1-2-9(16)8(3-6)13-18-11-5-7(15)4-10(17)12(11)19-13/h1-5H,17H2,(H,18,19). The molecule has 6 heteroatoms. The zero-order chi connectivity index (χ0) is 13.6. The quantitative estimate of drug-likeness (QED) is 0.373. The molecule has 0 saturated carbocycles. The molecule has 0 aliphatic carbocycles. The summed E-state index contributed by atoms with van der Waals surface area (Å²) in [6.45, 7) is 0. The number of nitrogens with one attached hydrogen (secondary N) is 1. The van der Waals surface area contributed by atoms with Crippen LogP contribution in [0.1, 0.15) is 0 Å². The first-order valence-electron chi connectivity index (χ1n) is 5.45. The van der Waals surface area contributed by atoms with Gasteiger partial charge in [-0.1, -0.05) is 31.9 Å². The lowest BCUT2D eigenvalue weighted by molar-refractivity contribution is 1.32. The second-order valence-corrected chi connectivity index (χ2v) is 7.09. The molecule has 0 spiro atoms. The van der Waals surface area contributed by atoms with Crippen LogP contribution in [0.5, 0.6) is 0 Å². The number of imidazole rings is 1. The molecule has 3 aromatic rings. The summed E-state index contributed by atoms with van der Waals surface area (Å²) in [6, 6.07) is 9.95. The molecular weight excluding hydrogens is 485 g/mol. The Kier molecular flexibility index (Phi) is 3.57. The maximum Gasteiger partial charge on any atom is 0.139 e. The van der Waals surface area contributed by atoms with Gasteiger partial charge in [0.1, 0.15) is 11.3 Å². The number of aromatic nitrogens is 2. The van der Waals surface area contributed by atoms with Crippen LogP contribution >= 0.6 is 54.5 Å². The fraction of sp³-hybridized carbons (Fsp3) is 0. The Balaban J connectivity index is 2.26. The van der Waals surface area contributed by atoms with E-state index in [0.29, 0.717) is 5.69 Å². The van der Waals surface area contributed by atoms with Gasteiger partial charge in [-0.3, -0.25) is 0 Å². The molecular formula is C13H8Br2IN3. The molecule has 0 aliphatic heterocycles. The minimum Gasteiger partial charge on any atom is -0.397 e. The number of anilines is 1. The number of fused-ring (bicyclic) bond motifs is 1. The fourth-order valence-electron chi connectivity index (χ4n) is 1.91. The lowest BCUT2D eigenvalue weighted by Crippen LogP contribution is -1.87. The van der Waals surface area contributed by atoms with Crippen LogP contribution in [0, 0.1) is 3.57 Å². The number of benzene rings is 2. The van der Waals surface area contributed by atoms with Crippen molar-refractivity contribution in [1.29, 1.82) is 0 Å². The maximum atomic E-state index is 5.99. The summed E-state index contributed by atoms with van der Waals surface area (Å²) in [7, 11) is 0. The van der Waals surface area contributed by atoms with E-state index in [1.807, 2.05) is 30.3 Å². The first-order chi connectivity index (χ1) is 9.04. The molecule has 1 aromatic heterocycles. The highest BCUT2D eigenvalue weighted by molar-refractivity contribution is 14.1. The molecule has 0 aliphatic rings. The van der Waals surface area contributed by atoms with Gasteiger partial charge in [-0.2, -0.15) is 0 Å². The first-order valence-corrected chi connectivity index (χ1v) is 8.11. The van der Waals surface area contributed by atoms with Gasteiger partial charge in [0, 0.05) is 18.1 Å². The summed E-state index contributed by atoms with van der Waals surface area (Å²) in [4.78, 5) is 7.91. The number of hydrogen-bond acceptors (Lipinski definition) is 2. The van der Waals surface area contributed by atoms with Gasteiger partial charge in [-0.25, -0.2) is 4.98 Å². The van der Waals surface area contributed by atoms with Crippen LogP contribution in [0.2, 0.25) is 0 Å². The second kappa shape index (κ2) is 5.06. The van der Waals surface area contributed by atoms with Crippen LogP contribution in [0.4, 0.5) is 5.69 Å².